The van der Waals surface area contributed by atoms with Gasteiger partial charge < -0.3 is 4.74 Å². The maximum atomic E-state index is 5.78. The summed E-state index contributed by atoms with van der Waals surface area (Å²) in [5.41, 5.74) is 2.54. The first-order valence-electron chi connectivity index (χ1n) is 4.77. The summed E-state index contributed by atoms with van der Waals surface area (Å²) in [7, 11) is 0. The Balaban J connectivity index is 0.000000853. The van der Waals surface area contributed by atoms with Gasteiger partial charge in [-0.05, 0) is 23.3 Å². The first-order valence-corrected chi connectivity index (χ1v) is 4.77. The summed E-state index contributed by atoms with van der Waals surface area (Å²) in [6.07, 6.45) is 0.979. The Morgan fingerprint density at radius 3 is 1.73 bits per heavy atom. The first-order chi connectivity index (χ1) is 6.93. The fourth-order valence-electron chi connectivity index (χ4n) is 1.82. The second kappa shape index (κ2) is 4.18. The molecule has 1 aliphatic rings. The number of hydrogen-bond acceptors (Lipinski definition) is 1. The van der Waals surface area contributed by atoms with Crippen LogP contribution in [0, 0.1) is 0 Å². The minimum absolute atomic E-state index is 0. The summed E-state index contributed by atoms with van der Waals surface area (Å²) in [5.74, 6) is 1.98. The van der Waals surface area contributed by atoms with Crippen LogP contribution in [0.2, 0.25) is 0 Å². The van der Waals surface area contributed by atoms with Gasteiger partial charge in [0.1, 0.15) is 11.5 Å². The fraction of sp³-hybridized carbons (Fsp3) is 0.0769. The van der Waals surface area contributed by atoms with Crippen molar-refractivity contribution in [1.29, 1.82) is 0 Å². The Bertz CT molecular complexity index is 392. The van der Waals surface area contributed by atoms with E-state index in [1.807, 2.05) is 24.3 Å². The standard InChI is InChI=1S/C13H10O.Pd/c1-3-7-12-10(5-1)9-11-6-2-4-8-13(11)14-12;/h1-8H,9H2;/q;+2. The van der Waals surface area contributed by atoms with Crippen LogP contribution in [0.15, 0.2) is 48.5 Å². The minimum atomic E-state index is 0. The monoisotopic (exact) mass is 288 g/mol. The molecule has 1 nitrogen and oxygen atoms in total. The van der Waals surface area contributed by atoms with Gasteiger partial charge in [-0.25, -0.2) is 0 Å². The van der Waals surface area contributed by atoms with Crippen LogP contribution in [0.5, 0.6) is 11.5 Å². The third-order valence-electron chi connectivity index (χ3n) is 2.55. The quantitative estimate of drug-likeness (QED) is 0.576. The molecule has 2 aromatic rings. The summed E-state index contributed by atoms with van der Waals surface area (Å²) in [4.78, 5) is 0. The molecule has 0 N–H and O–H groups in total. The fourth-order valence-corrected chi connectivity index (χ4v) is 1.82. The molecule has 1 aliphatic heterocycles. The molecule has 0 spiro atoms. The molecule has 0 aliphatic carbocycles. The summed E-state index contributed by atoms with van der Waals surface area (Å²) in [6.45, 7) is 0. The Morgan fingerprint density at radius 2 is 1.20 bits per heavy atom. The zero-order valence-corrected chi connectivity index (χ0v) is 9.60. The Labute approximate surface area is 103 Å². The van der Waals surface area contributed by atoms with Gasteiger partial charge in [0.25, 0.3) is 0 Å². The molecule has 0 atom stereocenters. The second-order valence-corrected chi connectivity index (χ2v) is 3.49. The molecule has 0 bridgehead atoms. The zero-order chi connectivity index (χ0) is 9.38. The van der Waals surface area contributed by atoms with E-state index < -0.39 is 0 Å². The van der Waals surface area contributed by atoms with Gasteiger partial charge in [-0.15, -0.1) is 0 Å². The van der Waals surface area contributed by atoms with E-state index in [0.29, 0.717) is 0 Å². The van der Waals surface area contributed by atoms with Crippen molar-refractivity contribution in [2.75, 3.05) is 0 Å². The van der Waals surface area contributed by atoms with Gasteiger partial charge >= 0.3 is 20.4 Å². The normalized spacial score (nSPS) is 11.7. The van der Waals surface area contributed by atoms with Gasteiger partial charge in [0.15, 0.2) is 0 Å². The number of para-hydroxylation sites is 2. The number of ether oxygens (including phenoxy) is 1. The molecule has 2 heteroatoms. The van der Waals surface area contributed by atoms with Crippen molar-refractivity contribution >= 4 is 0 Å². The number of benzene rings is 2. The molecule has 15 heavy (non-hydrogen) atoms. The van der Waals surface area contributed by atoms with Crippen molar-refractivity contribution < 1.29 is 25.2 Å². The van der Waals surface area contributed by atoms with E-state index in [4.69, 9.17) is 4.74 Å². The molecule has 3 rings (SSSR count). The Kier molecular flexibility index (Phi) is 2.91. The molecule has 0 saturated heterocycles. The molecule has 0 fully saturated rings. The molecule has 0 saturated carbocycles. The van der Waals surface area contributed by atoms with Gasteiger partial charge in [0.05, 0.1) is 0 Å². The van der Waals surface area contributed by atoms with Crippen LogP contribution in [-0.4, -0.2) is 0 Å². The maximum absolute atomic E-state index is 5.78. The van der Waals surface area contributed by atoms with Crippen molar-refractivity contribution in [2.45, 2.75) is 6.42 Å². The first kappa shape index (κ1) is 10.4. The maximum Gasteiger partial charge on any atom is 2.00 e. The average molecular weight is 289 g/mol. The third-order valence-corrected chi connectivity index (χ3v) is 2.55. The van der Waals surface area contributed by atoms with E-state index in [9.17, 15) is 0 Å². The van der Waals surface area contributed by atoms with Gasteiger partial charge in [-0.3, -0.25) is 0 Å². The molecule has 0 aromatic heterocycles. The van der Waals surface area contributed by atoms with E-state index >= 15 is 0 Å². The molecular weight excluding hydrogens is 279 g/mol. The van der Waals surface area contributed by atoms with Gasteiger partial charge in [-0.2, -0.15) is 0 Å². The van der Waals surface area contributed by atoms with Crippen LogP contribution < -0.4 is 4.74 Å². The SMILES string of the molecule is [Pd+2].c1ccc2c(c1)Cc1ccccc1O2. The topological polar surface area (TPSA) is 9.23 Å². The molecule has 0 unspecified atom stereocenters. The van der Waals surface area contributed by atoms with Crippen molar-refractivity contribution in [3.8, 4) is 11.5 Å². The largest absolute Gasteiger partial charge is 2.00 e. The summed E-state index contributed by atoms with van der Waals surface area (Å²) in [6, 6.07) is 16.4. The molecular formula is C13H10OPd+2. The van der Waals surface area contributed by atoms with E-state index in [0.717, 1.165) is 17.9 Å². The number of fused-ring (bicyclic) bond motifs is 2. The number of hydrogen-bond donors (Lipinski definition) is 0. The molecule has 0 radical (unpaired) electrons. The van der Waals surface area contributed by atoms with E-state index in [-0.39, 0.29) is 20.4 Å². The molecule has 2 aromatic carbocycles. The van der Waals surface area contributed by atoms with Crippen LogP contribution in [0.25, 0.3) is 0 Å². The zero-order valence-electron chi connectivity index (χ0n) is 8.05. The van der Waals surface area contributed by atoms with Crippen LogP contribution in [0.1, 0.15) is 11.1 Å². The van der Waals surface area contributed by atoms with Crippen LogP contribution in [0.4, 0.5) is 0 Å². The van der Waals surface area contributed by atoms with Crippen molar-refractivity contribution in [3.05, 3.63) is 59.7 Å². The van der Waals surface area contributed by atoms with E-state index in [1.54, 1.807) is 0 Å². The van der Waals surface area contributed by atoms with Crippen LogP contribution in [0.3, 0.4) is 0 Å². The van der Waals surface area contributed by atoms with Crippen LogP contribution in [-0.2, 0) is 26.8 Å². The van der Waals surface area contributed by atoms with Gasteiger partial charge in [0.2, 0.25) is 0 Å². The van der Waals surface area contributed by atoms with Crippen LogP contribution >= 0.6 is 0 Å². The predicted octanol–water partition coefficient (Wildman–Crippen LogP) is 3.38. The predicted molar refractivity (Wildman–Crippen MR) is 55.8 cm³/mol. The summed E-state index contributed by atoms with van der Waals surface area (Å²) >= 11 is 0. The number of rotatable bonds is 0. The minimum Gasteiger partial charge on any atom is -0.457 e. The van der Waals surface area contributed by atoms with Crippen molar-refractivity contribution in [3.63, 3.8) is 0 Å². The van der Waals surface area contributed by atoms with E-state index in [1.165, 1.54) is 11.1 Å². The van der Waals surface area contributed by atoms with E-state index in [2.05, 4.69) is 24.3 Å². The third kappa shape index (κ3) is 1.84. The molecule has 0 amide bonds. The van der Waals surface area contributed by atoms with Crippen molar-refractivity contribution in [1.82, 2.24) is 0 Å². The Morgan fingerprint density at radius 1 is 0.733 bits per heavy atom. The van der Waals surface area contributed by atoms with Gasteiger partial charge in [-0.1, -0.05) is 36.4 Å². The molecule has 76 valence electrons. The van der Waals surface area contributed by atoms with Gasteiger partial charge in [0, 0.05) is 6.42 Å². The average Bonchev–Trinajstić information content (AvgIpc) is 2.26. The summed E-state index contributed by atoms with van der Waals surface area (Å²) < 4.78 is 5.78. The van der Waals surface area contributed by atoms with Crippen molar-refractivity contribution in [2.24, 2.45) is 0 Å². The molecule has 1 heterocycles. The summed E-state index contributed by atoms with van der Waals surface area (Å²) in [5, 5.41) is 0. The Hall–Kier alpha value is -1.10. The smallest absolute Gasteiger partial charge is 0.457 e. The second-order valence-electron chi connectivity index (χ2n) is 3.49.